The lowest BCUT2D eigenvalue weighted by Crippen LogP contribution is -2.27. The van der Waals surface area contributed by atoms with Gasteiger partial charge in [0.2, 0.25) is 5.91 Å². The molecule has 0 aliphatic heterocycles. The van der Waals surface area contributed by atoms with E-state index in [-0.39, 0.29) is 18.1 Å². The summed E-state index contributed by atoms with van der Waals surface area (Å²) in [6, 6.07) is 12.1. The molecule has 1 amide bonds. The molecule has 1 heterocycles. The molecule has 0 radical (unpaired) electrons. The monoisotopic (exact) mass is 344 g/mol. The summed E-state index contributed by atoms with van der Waals surface area (Å²) < 4.78 is 13.6. The van der Waals surface area contributed by atoms with Crippen LogP contribution in [0.5, 0.6) is 0 Å². The van der Waals surface area contributed by atoms with Gasteiger partial charge >= 0.3 is 0 Å². The number of carbonyl (C=O) groups excluding carboxylic acids is 1. The predicted molar refractivity (Wildman–Crippen MR) is 94.9 cm³/mol. The van der Waals surface area contributed by atoms with Crippen molar-refractivity contribution in [3.05, 3.63) is 70.1 Å². The Morgan fingerprint density at radius 1 is 1.25 bits per heavy atom. The average molecular weight is 345 g/mol. The van der Waals surface area contributed by atoms with Crippen LogP contribution in [0.25, 0.3) is 10.9 Å². The highest BCUT2D eigenvalue weighted by atomic mass is 35.5. The molecule has 0 spiro atoms. The topological polar surface area (TPSA) is 44.9 Å². The van der Waals surface area contributed by atoms with Crippen LogP contribution < -0.4 is 5.32 Å². The number of aromatic nitrogens is 1. The highest BCUT2D eigenvalue weighted by molar-refractivity contribution is 6.31. The molecule has 0 aliphatic carbocycles. The molecule has 0 atom stereocenters. The summed E-state index contributed by atoms with van der Waals surface area (Å²) in [5, 5.41) is 4.61. The number of halogens is 2. The standard InChI is InChI=1S/C19H18ClFN2O/c1-12-15(16-11-14(20)6-7-18(16)23-12)8-9-22-19(24)10-13-4-2-3-5-17(13)21/h2-7,11,23H,8-10H2,1H3,(H,22,24). The fourth-order valence-electron chi connectivity index (χ4n) is 2.88. The number of hydrogen-bond donors (Lipinski definition) is 2. The maximum atomic E-state index is 13.6. The highest BCUT2D eigenvalue weighted by Crippen LogP contribution is 2.25. The first-order chi connectivity index (χ1) is 11.5. The van der Waals surface area contributed by atoms with Crippen LogP contribution in [0.15, 0.2) is 42.5 Å². The normalized spacial score (nSPS) is 11.0. The molecule has 5 heteroatoms. The van der Waals surface area contributed by atoms with E-state index >= 15 is 0 Å². The summed E-state index contributed by atoms with van der Waals surface area (Å²) in [6.07, 6.45) is 0.737. The minimum absolute atomic E-state index is 0.0470. The Labute approximate surface area is 144 Å². The van der Waals surface area contributed by atoms with Crippen molar-refractivity contribution in [2.75, 3.05) is 6.54 Å². The molecular weight excluding hydrogens is 327 g/mol. The third-order valence-corrected chi connectivity index (χ3v) is 4.32. The van der Waals surface area contributed by atoms with Gasteiger partial charge in [-0.1, -0.05) is 29.8 Å². The van der Waals surface area contributed by atoms with Crippen LogP contribution in [0.4, 0.5) is 4.39 Å². The summed E-state index contributed by atoms with van der Waals surface area (Å²) in [6.45, 7) is 2.50. The van der Waals surface area contributed by atoms with Crippen molar-refractivity contribution in [3.8, 4) is 0 Å². The Morgan fingerprint density at radius 3 is 2.83 bits per heavy atom. The predicted octanol–water partition coefficient (Wildman–Crippen LogP) is 4.17. The summed E-state index contributed by atoms with van der Waals surface area (Å²) in [4.78, 5) is 15.3. The van der Waals surface area contributed by atoms with Crippen LogP contribution in [0.2, 0.25) is 5.02 Å². The lowest BCUT2D eigenvalue weighted by molar-refractivity contribution is -0.120. The third kappa shape index (κ3) is 3.60. The molecule has 0 saturated carbocycles. The molecule has 2 N–H and O–H groups in total. The molecule has 124 valence electrons. The fraction of sp³-hybridized carbons (Fsp3) is 0.211. The number of nitrogens with one attached hydrogen (secondary N) is 2. The molecular formula is C19H18ClFN2O. The van der Waals surface area contributed by atoms with Gasteiger partial charge in [0.1, 0.15) is 5.82 Å². The number of carbonyl (C=O) groups is 1. The van der Waals surface area contributed by atoms with Gasteiger partial charge in [-0.2, -0.15) is 0 Å². The number of benzene rings is 2. The number of fused-ring (bicyclic) bond motifs is 1. The number of hydrogen-bond acceptors (Lipinski definition) is 1. The second-order valence-corrected chi connectivity index (χ2v) is 6.22. The van der Waals surface area contributed by atoms with Gasteiger partial charge < -0.3 is 10.3 Å². The molecule has 0 saturated heterocycles. The first-order valence-corrected chi connectivity index (χ1v) is 8.19. The lowest BCUT2D eigenvalue weighted by Gasteiger charge is -2.07. The lowest BCUT2D eigenvalue weighted by atomic mass is 10.1. The van der Waals surface area contributed by atoms with Gasteiger partial charge in [-0.15, -0.1) is 0 Å². The molecule has 0 unspecified atom stereocenters. The Hall–Kier alpha value is -2.33. The summed E-state index contributed by atoms with van der Waals surface area (Å²) in [5.74, 6) is -0.537. The zero-order valence-electron chi connectivity index (χ0n) is 13.3. The smallest absolute Gasteiger partial charge is 0.224 e. The van der Waals surface area contributed by atoms with E-state index in [1.165, 1.54) is 6.07 Å². The minimum atomic E-state index is -0.352. The largest absolute Gasteiger partial charge is 0.358 e. The molecule has 0 aliphatic rings. The highest BCUT2D eigenvalue weighted by Gasteiger charge is 2.11. The van der Waals surface area contributed by atoms with Crippen LogP contribution in [-0.4, -0.2) is 17.4 Å². The zero-order valence-corrected chi connectivity index (χ0v) is 14.1. The summed E-state index contributed by atoms with van der Waals surface area (Å²) in [7, 11) is 0. The Bertz CT molecular complexity index is 888. The summed E-state index contributed by atoms with van der Waals surface area (Å²) >= 11 is 6.07. The number of amides is 1. The number of aromatic amines is 1. The van der Waals surface area contributed by atoms with E-state index in [9.17, 15) is 9.18 Å². The molecule has 1 aromatic heterocycles. The molecule has 3 nitrogen and oxygen atoms in total. The summed E-state index contributed by atoms with van der Waals surface area (Å²) in [5.41, 5.74) is 3.64. The van der Waals surface area contributed by atoms with Crippen molar-refractivity contribution in [2.24, 2.45) is 0 Å². The van der Waals surface area contributed by atoms with E-state index in [1.54, 1.807) is 18.2 Å². The van der Waals surface area contributed by atoms with Gasteiger partial charge in [-0.3, -0.25) is 4.79 Å². The second kappa shape index (κ2) is 7.05. The van der Waals surface area contributed by atoms with Crippen LogP contribution >= 0.6 is 11.6 Å². The SMILES string of the molecule is Cc1[nH]c2ccc(Cl)cc2c1CCNC(=O)Cc1ccccc1F. The Morgan fingerprint density at radius 2 is 2.04 bits per heavy atom. The first-order valence-electron chi connectivity index (χ1n) is 7.81. The molecule has 2 aromatic carbocycles. The van der Waals surface area contributed by atoms with Crippen LogP contribution in [0.3, 0.4) is 0 Å². The van der Waals surface area contributed by atoms with Crippen LogP contribution in [0.1, 0.15) is 16.8 Å². The van der Waals surface area contributed by atoms with Crippen LogP contribution in [0, 0.1) is 12.7 Å². The molecule has 24 heavy (non-hydrogen) atoms. The van der Waals surface area contributed by atoms with Crippen molar-refractivity contribution in [3.63, 3.8) is 0 Å². The van der Waals surface area contributed by atoms with Crippen molar-refractivity contribution >= 4 is 28.4 Å². The molecule has 3 rings (SSSR count). The maximum Gasteiger partial charge on any atom is 0.224 e. The van der Waals surface area contributed by atoms with Gasteiger partial charge in [-0.25, -0.2) is 4.39 Å². The molecule has 0 bridgehead atoms. The Kier molecular flexibility index (Phi) is 4.86. The van der Waals surface area contributed by atoms with Crippen molar-refractivity contribution < 1.29 is 9.18 Å². The molecule has 0 fully saturated rings. The van der Waals surface area contributed by atoms with Crippen molar-refractivity contribution in [1.29, 1.82) is 0 Å². The first kappa shape index (κ1) is 16.5. The zero-order chi connectivity index (χ0) is 17.1. The van der Waals surface area contributed by atoms with Gasteiger partial charge in [0, 0.05) is 28.2 Å². The van der Waals surface area contributed by atoms with E-state index in [2.05, 4.69) is 10.3 Å². The van der Waals surface area contributed by atoms with Gasteiger partial charge in [0.25, 0.3) is 0 Å². The Balaban J connectivity index is 1.62. The van der Waals surface area contributed by atoms with E-state index in [1.807, 2.05) is 25.1 Å². The number of aryl methyl sites for hydroxylation is 1. The van der Waals surface area contributed by atoms with E-state index in [0.717, 1.165) is 22.2 Å². The average Bonchev–Trinajstić information content (AvgIpc) is 2.85. The fourth-order valence-corrected chi connectivity index (χ4v) is 3.05. The second-order valence-electron chi connectivity index (χ2n) is 5.79. The van der Waals surface area contributed by atoms with Crippen molar-refractivity contribution in [1.82, 2.24) is 10.3 Å². The van der Waals surface area contributed by atoms with Crippen molar-refractivity contribution in [2.45, 2.75) is 19.8 Å². The van der Waals surface area contributed by atoms with Gasteiger partial charge in [0.05, 0.1) is 6.42 Å². The minimum Gasteiger partial charge on any atom is -0.358 e. The van der Waals surface area contributed by atoms with E-state index < -0.39 is 0 Å². The maximum absolute atomic E-state index is 13.6. The van der Waals surface area contributed by atoms with Gasteiger partial charge in [0.15, 0.2) is 0 Å². The third-order valence-electron chi connectivity index (χ3n) is 4.09. The quantitative estimate of drug-likeness (QED) is 0.717. The number of rotatable bonds is 5. The van der Waals surface area contributed by atoms with E-state index in [4.69, 9.17) is 11.6 Å². The van der Waals surface area contributed by atoms with Crippen LogP contribution in [-0.2, 0) is 17.6 Å². The van der Waals surface area contributed by atoms with Gasteiger partial charge in [-0.05, 0) is 48.7 Å². The molecule has 3 aromatic rings. The van der Waals surface area contributed by atoms with E-state index in [0.29, 0.717) is 23.6 Å². The number of H-pyrrole nitrogens is 1.